The molecule has 2 atom stereocenters. The second-order valence-electron chi connectivity index (χ2n) is 12.6. The number of carbonyl (C=O) groups is 2. The molecule has 42 heavy (non-hydrogen) atoms. The predicted molar refractivity (Wildman–Crippen MR) is 176 cm³/mol. The number of carbonyl (C=O) groups excluding carboxylic acids is 2. The van der Waals surface area contributed by atoms with Crippen molar-refractivity contribution in [3.8, 4) is 0 Å². The zero-order valence-corrected chi connectivity index (χ0v) is 26.5. The van der Waals surface area contributed by atoms with Crippen LogP contribution in [0.25, 0.3) is 0 Å². The molecule has 224 valence electrons. The smallest absolute Gasteiger partial charge is 0.184 e. The number of aliphatic hydroxyl groups excluding tert-OH is 2. The lowest BCUT2D eigenvalue weighted by Gasteiger charge is -2.32. The lowest BCUT2D eigenvalue weighted by molar-refractivity contribution is -0.125. The molecular formula is C38H48O4. The third-order valence-corrected chi connectivity index (χ3v) is 7.54. The summed E-state index contributed by atoms with van der Waals surface area (Å²) in [6, 6.07) is 0. The van der Waals surface area contributed by atoms with Gasteiger partial charge in [0.05, 0.1) is 0 Å². The monoisotopic (exact) mass is 568 g/mol. The van der Waals surface area contributed by atoms with Gasteiger partial charge in [0.2, 0.25) is 0 Å². The quantitative estimate of drug-likeness (QED) is 0.261. The van der Waals surface area contributed by atoms with E-state index in [0.717, 1.165) is 33.4 Å². The van der Waals surface area contributed by atoms with Gasteiger partial charge in [-0.2, -0.15) is 0 Å². The number of hydrogen-bond acceptors (Lipinski definition) is 4. The van der Waals surface area contributed by atoms with Crippen molar-refractivity contribution in [1.29, 1.82) is 0 Å². The van der Waals surface area contributed by atoms with E-state index in [1.165, 1.54) is 0 Å². The van der Waals surface area contributed by atoms with Crippen LogP contribution >= 0.6 is 0 Å². The van der Waals surface area contributed by atoms with Crippen LogP contribution in [0.1, 0.15) is 68.2 Å². The van der Waals surface area contributed by atoms with Gasteiger partial charge in [0.1, 0.15) is 12.2 Å². The molecule has 2 aliphatic rings. The molecule has 0 aromatic carbocycles. The molecule has 0 bridgehead atoms. The maximum atomic E-state index is 11.9. The van der Waals surface area contributed by atoms with E-state index in [4.69, 9.17) is 0 Å². The largest absolute Gasteiger partial charge is 0.385 e. The summed E-state index contributed by atoms with van der Waals surface area (Å²) in [5, 5.41) is 19.7. The molecule has 0 heterocycles. The van der Waals surface area contributed by atoms with Crippen molar-refractivity contribution in [1.82, 2.24) is 0 Å². The average Bonchev–Trinajstić information content (AvgIpc) is 2.88. The highest BCUT2D eigenvalue weighted by Gasteiger charge is 2.34. The van der Waals surface area contributed by atoms with Crippen molar-refractivity contribution in [2.45, 2.75) is 80.4 Å². The minimum absolute atomic E-state index is 0.221. The Hall–Kier alpha value is -3.60. The molecule has 0 saturated carbocycles. The van der Waals surface area contributed by atoms with E-state index in [1.54, 1.807) is 12.2 Å². The number of ketones is 2. The summed E-state index contributed by atoms with van der Waals surface area (Å²) in [7, 11) is 0. The number of rotatable bonds is 10. The van der Waals surface area contributed by atoms with Crippen LogP contribution in [-0.4, -0.2) is 34.0 Å². The van der Waals surface area contributed by atoms with Crippen LogP contribution in [-0.2, 0) is 9.59 Å². The first-order valence-corrected chi connectivity index (χ1v) is 14.6. The van der Waals surface area contributed by atoms with Crippen molar-refractivity contribution in [2.24, 2.45) is 10.8 Å². The highest BCUT2D eigenvalue weighted by atomic mass is 16.3. The molecule has 0 radical (unpaired) electrons. The van der Waals surface area contributed by atoms with Gasteiger partial charge in [0.15, 0.2) is 11.6 Å². The van der Waals surface area contributed by atoms with E-state index in [1.807, 2.05) is 128 Å². The topological polar surface area (TPSA) is 74.6 Å². The van der Waals surface area contributed by atoms with Gasteiger partial charge in [0, 0.05) is 0 Å². The fourth-order valence-corrected chi connectivity index (χ4v) is 4.62. The Morgan fingerprint density at radius 2 is 0.905 bits per heavy atom. The van der Waals surface area contributed by atoms with Crippen molar-refractivity contribution >= 4 is 11.6 Å². The van der Waals surface area contributed by atoms with Crippen molar-refractivity contribution in [3.63, 3.8) is 0 Å². The highest BCUT2D eigenvalue weighted by molar-refractivity contribution is 5.96. The number of aliphatic hydroxyl groups is 2. The summed E-state index contributed by atoms with van der Waals surface area (Å²) < 4.78 is 0. The fourth-order valence-electron chi connectivity index (χ4n) is 4.62. The van der Waals surface area contributed by atoms with Crippen LogP contribution in [0.15, 0.2) is 131 Å². The molecule has 0 aliphatic heterocycles. The van der Waals surface area contributed by atoms with Gasteiger partial charge in [-0.3, -0.25) is 9.59 Å². The van der Waals surface area contributed by atoms with Crippen LogP contribution in [0.4, 0.5) is 0 Å². The Bertz CT molecular complexity index is 1250. The van der Waals surface area contributed by atoms with Crippen molar-refractivity contribution in [3.05, 3.63) is 131 Å². The van der Waals surface area contributed by atoms with Crippen LogP contribution in [0.3, 0.4) is 0 Å². The minimum Gasteiger partial charge on any atom is -0.385 e. The van der Waals surface area contributed by atoms with Crippen LogP contribution in [0.5, 0.6) is 0 Å². The highest BCUT2D eigenvalue weighted by Crippen LogP contribution is 2.37. The Morgan fingerprint density at radius 3 is 1.26 bits per heavy atom. The third-order valence-electron chi connectivity index (χ3n) is 7.54. The zero-order valence-electron chi connectivity index (χ0n) is 26.5. The molecule has 0 aromatic rings. The average molecular weight is 569 g/mol. The maximum Gasteiger partial charge on any atom is 0.184 e. The second-order valence-corrected chi connectivity index (χ2v) is 12.6. The van der Waals surface area contributed by atoms with Gasteiger partial charge in [-0.15, -0.1) is 0 Å². The maximum absolute atomic E-state index is 11.9. The van der Waals surface area contributed by atoms with Crippen molar-refractivity contribution in [2.75, 3.05) is 0 Å². The van der Waals surface area contributed by atoms with Gasteiger partial charge >= 0.3 is 0 Å². The van der Waals surface area contributed by atoms with E-state index < -0.39 is 12.2 Å². The van der Waals surface area contributed by atoms with Gasteiger partial charge in [-0.1, -0.05) is 135 Å². The Labute approximate surface area is 253 Å². The minimum atomic E-state index is -0.901. The van der Waals surface area contributed by atoms with Crippen LogP contribution in [0.2, 0.25) is 0 Å². The number of hydrogen-bond donors (Lipinski definition) is 2. The first-order chi connectivity index (χ1) is 19.6. The summed E-state index contributed by atoms with van der Waals surface area (Å²) in [6.07, 6.45) is 30.4. The molecule has 2 rings (SSSR count). The Balaban J connectivity index is 1.89. The van der Waals surface area contributed by atoms with Crippen LogP contribution in [0, 0.1) is 10.8 Å². The first-order valence-electron chi connectivity index (χ1n) is 14.6. The fraction of sp³-hybridized carbons (Fsp3) is 0.368. The molecule has 2 aliphatic carbocycles. The third kappa shape index (κ3) is 11.3. The summed E-state index contributed by atoms with van der Waals surface area (Å²) in [6.45, 7) is 16.3. The molecule has 4 heteroatoms. The first kappa shape index (κ1) is 34.6. The van der Waals surface area contributed by atoms with E-state index in [2.05, 4.69) is 12.2 Å². The molecule has 2 N–H and O–H groups in total. The molecule has 0 unspecified atom stereocenters. The molecule has 0 spiro atoms. The van der Waals surface area contributed by atoms with Gasteiger partial charge < -0.3 is 10.2 Å². The van der Waals surface area contributed by atoms with E-state index in [9.17, 15) is 19.8 Å². The Kier molecular flexibility index (Phi) is 12.8. The van der Waals surface area contributed by atoms with Gasteiger partial charge in [-0.05, 0) is 74.7 Å². The summed E-state index contributed by atoms with van der Waals surface area (Å²) >= 11 is 0. The summed E-state index contributed by atoms with van der Waals surface area (Å²) in [5.74, 6) is -0.442. The predicted octanol–water partition coefficient (Wildman–Crippen LogP) is 8.13. The van der Waals surface area contributed by atoms with E-state index in [-0.39, 0.29) is 22.4 Å². The Morgan fingerprint density at radius 1 is 0.595 bits per heavy atom. The SMILES string of the molecule is CC(/C=C/C=C(C)/C=C/C1=CC(=O)[C@H](O)CC1(C)C)=C\C=C\C=C(C)\C=C\C=C(C)\C=C\C1=CC(=O)[C@@H](O)CC1(C)C. The molecule has 0 amide bonds. The number of allylic oxidation sites excluding steroid dienone is 20. The molecule has 0 aromatic heterocycles. The molecule has 4 nitrogen and oxygen atoms in total. The molecule has 0 saturated heterocycles. The van der Waals surface area contributed by atoms with Crippen LogP contribution < -0.4 is 0 Å². The van der Waals surface area contributed by atoms with Crippen molar-refractivity contribution < 1.29 is 19.8 Å². The standard InChI is InChI=1S/C38H48O4/c1-27(15-11-17-29(3)19-21-31-23-33(39)35(41)25-37(31,5)6)13-9-10-14-28(2)16-12-18-30(4)20-22-32-24-34(40)36(42)26-38(32,7)8/h9-24,35-36,41-42H,25-26H2,1-8H3/b10-9+,15-11+,16-12+,21-19+,22-20+,27-13+,28-14+,29-17+,30-18+/t35-,36+. The zero-order chi connectivity index (χ0) is 31.5. The lowest BCUT2D eigenvalue weighted by Crippen LogP contribution is -2.32. The van der Waals surface area contributed by atoms with Gasteiger partial charge in [0.25, 0.3) is 0 Å². The normalized spacial score (nSPS) is 24.6. The second kappa shape index (κ2) is 15.6. The summed E-state index contributed by atoms with van der Waals surface area (Å²) in [5.41, 5.74) is 5.79. The van der Waals surface area contributed by atoms with Gasteiger partial charge in [-0.25, -0.2) is 0 Å². The molecule has 0 fully saturated rings. The van der Waals surface area contributed by atoms with E-state index in [0.29, 0.717) is 12.8 Å². The summed E-state index contributed by atoms with van der Waals surface area (Å²) in [4.78, 5) is 23.8. The van der Waals surface area contributed by atoms with E-state index >= 15 is 0 Å². The lowest BCUT2D eigenvalue weighted by atomic mass is 9.74. The molecular weight excluding hydrogens is 520 g/mol.